The molecule has 0 bridgehead atoms. The molecule has 0 atom stereocenters. The van der Waals surface area contributed by atoms with Crippen LogP contribution in [0.5, 0.6) is 5.75 Å². The number of aromatic hydroxyl groups is 1. The van der Waals surface area contributed by atoms with E-state index in [2.05, 4.69) is 39.4 Å². The van der Waals surface area contributed by atoms with E-state index in [0.717, 1.165) is 23.6 Å². The fourth-order valence-corrected chi connectivity index (χ4v) is 1.82. The summed E-state index contributed by atoms with van der Waals surface area (Å²) in [6.07, 6.45) is 1.45. The second-order valence-corrected chi connectivity index (χ2v) is 4.09. The number of benzene rings is 1. The molecule has 0 saturated carbocycles. The predicted molar refractivity (Wildman–Crippen MR) is 76.9 cm³/mol. The highest BCUT2D eigenvalue weighted by atomic mass is 16.3. The molecule has 0 unspecified atom stereocenters. The fraction of sp³-hybridized carbons (Fsp3) is 0.333. The van der Waals surface area contributed by atoms with Crippen LogP contribution in [0.2, 0.25) is 0 Å². The quantitative estimate of drug-likeness (QED) is 0.778. The van der Waals surface area contributed by atoms with Gasteiger partial charge in [-0.25, -0.2) is 0 Å². The molecule has 20 heavy (non-hydrogen) atoms. The van der Waals surface area contributed by atoms with E-state index in [1.165, 1.54) is 6.21 Å². The van der Waals surface area contributed by atoms with E-state index in [1.54, 1.807) is 12.1 Å². The lowest BCUT2D eigenvalue weighted by Crippen LogP contribution is -2.21. The van der Waals surface area contributed by atoms with Crippen molar-refractivity contribution in [1.29, 1.82) is 0 Å². The molecule has 106 valence electrons. The topological polar surface area (TPSA) is 105 Å². The molecule has 2 rings (SSSR count). The highest BCUT2D eigenvalue weighted by Crippen LogP contribution is 2.23. The summed E-state index contributed by atoms with van der Waals surface area (Å²) in [5.74, 6) is 0.227. The van der Waals surface area contributed by atoms with Crippen molar-refractivity contribution in [3.63, 3.8) is 0 Å². The third kappa shape index (κ3) is 2.85. The second kappa shape index (κ2) is 6.00. The average molecular weight is 275 g/mol. The summed E-state index contributed by atoms with van der Waals surface area (Å²) >= 11 is 0. The summed E-state index contributed by atoms with van der Waals surface area (Å²) in [6, 6.07) is 5.42. The lowest BCUT2D eigenvalue weighted by Gasteiger charge is -2.21. The van der Waals surface area contributed by atoms with Gasteiger partial charge in [-0.3, -0.25) is 0 Å². The molecule has 0 aliphatic rings. The largest absolute Gasteiger partial charge is 0.507 e. The van der Waals surface area contributed by atoms with Gasteiger partial charge >= 0.3 is 0 Å². The standard InChI is InChI=1S/C12H17N7O/c1-3-18(4-2)10-6-5-9(11(20)7-10)8-14-19-12(13)15-16-17-19/h5-8,20H,3-4H2,1-2H3,(H2,13,15,17)/b14-8+. The van der Waals surface area contributed by atoms with E-state index < -0.39 is 0 Å². The molecule has 1 aromatic heterocycles. The highest BCUT2D eigenvalue weighted by molar-refractivity contribution is 5.84. The number of aromatic nitrogens is 4. The number of nitrogen functional groups attached to an aromatic ring is 1. The van der Waals surface area contributed by atoms with Gasteiger partial charge in [0.25, 0.3) is 5.95 Å². The van der Waals surface area contributed by atoms with Gasteiger partial charge in [0, 0.05) is 30.4 Å². The van der Waals surface area contributed by atoms with Crippen molar-refractivity contribution >= 4 is 17.9 Å². The average Bonchev–Trinajstić information content (AvgIpc) is 2.85. The van der Waals surface area contributed by atoms with Crippen molar-refractivity contribution in [2.24, 2.45) is 5.10 Å². The summed E-state index contributed by atoms with van der Waals surface area (Å²) < 4.78 is 0. The Bertz CT molecular complexity index is 604. The molecule has 0 amide bonds. The molecule has 0 spiro atoms. The number of nitrogens with two attached hydrogens (primary N) is 1. The SMILES string of the molecule is CCN(CC)c1ccc(/C=N/n2nnnc2N)c(O)c1. The molecule has 0 aliphatic heterocycles. The molecule has 0 saturated heterocycles. The van der Waals surface area contributed by atoms with Crippen molar-refractivity contribution in [3.8, 4) is 5.75 Å². The summed E-state index contributed by atoms with van der Waals surface area (Å²) in [4.78, 5) is 3.22. The summed E-state index contributed by atoms with van der Waals surface area (Å²) in [6.45, 7) is 5.89. The normalized spacial score (nSPS) is 11.1. The van der Waals surface area contributed by atoms with Gasteiger partial charge in [0.05, 0.1) is 6.21 Å². The molecule has 0 radical (unpaired) electrons. The Balaban J connectivity index is 2.22. The van der Waals surface area contributed by atoms with Crippen molar-refractivity contribution in [2.75, 3.05) is 23.7 Å². The van der Waals surface area contributed by atoms with Crippen LogP contribution in [0.4, 0.5) is 11.6 Å². The third-order valence-corrected chi connectivity index (χ3v) is 2.93. The number of nitrogens with zero attached hydrogens (tertiary/aromatic N) is 6. The van der Waals surface area contributed by atoms with Crippen LogP contribution in [0.15, 0.2) is 23.3 Å². The Morgan fingerprint density at radius 1 is 1.40 bits per heavy atom. The number of hydrogen-bond donors (Lipinski definition) is 2. The Kier molecular flexibility index (Phi) is 4.14. The number of tetrazole rings is 1. The van der Waals surface area contributed by atoms with Crippen LogP contribution < -0.4 is 10.6 Å². The zero-order valence-corrected chi connectivity index (χ0v) is 11.4. The molecule has 1 aromatic carbocycles. The van der Waals surface area contributed by atoms with Crippen LogP contribution in [0.3, 0.4) is 0 Å². The maximum Gasteiger partial charge on any atom is 0.263 e. The lowest BCUT2D eigenvalue weighted by molar-refractivity contribution is 0.474. The van der Waals surface area contributed by atoms with Crippen molar-refractivity contribution < 1.29 is 5.11 Å². The van der Waals surface area contributed by atoms with Crippen LogP contribution >= 0.6 is 0 Å². The smallest absolute Gasteiger partial charge is 0.263 e. The molecule has 8 nitrogen and oxygen atoms in total. The van der Waals surface area contributed by atoms with Crippen molar-refractivity contribution in [2.45, 2.75) is 13.8 Å². The van der Waals surface area contributed by atoms with Crippen LogP contribution in [0.1, 0.15) is 19.4 Å². The van der Waals surface area contributed by atoms with E-state index in [0.29, 0.717) is 5.56 Å². The number of phenolic OH excluding ortho intramolecular Hbond substituents is 1. The van der Waals surface area contributed by atoms with Gasteiger partial charge in [0.1, 0.15) is 5.75 Å². The van der Waals surface area contributed by atoms with Gasteiger partial charge in [-0.2, -0.15) is 5.10 Å². The van der Waals surface area contributed by atoms with Crippen LogP contribution in [-0.4, -0.2) is 44.7 Å². The number of anilines is 2. The predicted octanol–water partition coefficient (Wildman–Crippen LogP) is 0.689. The van der Waals surface area contributed by atoms with E-state index in [-0.39, 0.29) is 11.7 Å². The summed E-state index contributed by atoms with van der Waals surface area (Å²) in [7, 11) is 0. The van der Waals surface area contributed by atoms with Crippen LogP contribution in [-0.2, 0) is 0 Å². The van der Waals surface area contributed by atoms with Crippen molar-refractivity contribution in [3.05, 3.63) is 23.8 Å². The lowest BCUT2D eigenvalue weighted by atomic mass is 10.2. The third-order valence-electron chi connectivity index (χ3n) is 2.93. The fourth-order valence-electron chi connectivity index (χ4n) is 1.82. The first-order valence-electron chi connectivity index (χ1n) is 6.31. The number of phenols is 1. The van der Waals surface area contributed by atoms with Crippen LogP contribution in [0, 0.1) is 0 Å². The van der Waals surface area contributed by atoms with E-state index >= 15 is 0 Å². The first-order chi connectivity index (χ1) is 9.65. The Morgan fingerprint density at radius 2 is 2.15 bits per heavy atom. The molecule has 3 N–H and O–H groups in total. The Hall–Kier alpha value is -2.64. The number of rotatable bonds is 5. The Morgan fingerprint density at radius 3 is 2.70 bits per heavy atom. The van der Waals surface area contributed by atoms with Crippen LogP contribution in [0.25, 0.3) is 0 Å². The first kappa shape index (κ1) is 13.8. The van der Waals surface area contributed by atoms with Crippen molar-refractivity contribution in [1.82, 2.24) is 20.3 Å². The zero-order chi connectivity index (χ0) is 14.5. The molecule has 0 fully saturated rings. The van der Waals surface area contributed by atoms with Gasteiger partial charge in [-0.15, -0.1) is 0 Å². The summed E-state index contributed by atoms with van der Waals surface area (Å²) in [5.41, 5.74) is 7.02. The molecule has 0 aliphatic carbocycles. The summed E-state index contributed by atoms with van der Waals surface area (Å²) in [5, 5.41) is 24.4. The minimum Gasteiger partial charge on any atom is -0.507 e. The minimum absolute atomic E-state index is 0.0838. The van der Waals surface area contributed by atoms with Gasteiger partial charge < -0.3 is 15.7 Å². The maximum absolute atomic E-state index is 10.0. The van der Waals surface area contributed by atoms with Gasteiger partial charge in [-0.1, -0.05) is 9.89 Å². The maximum atomic E-state index is 10.0. The van der Waals surface area contributed by atoms with Gasteiger partial charge in [-0.05, 0) is 36.4 Å². The molecular formula is C12H17N7O. The highest BCUT2D eigenvalue weighted by Gasteiger charge is 2.06. The second-order valence-electron chi connectivity index (χ2n) is 4.09. The molecule has 2 aromatic rings. The molecule has 8 heteroatoms. The zero-order valence-electron chi connectivity index (χ0n) is 11.4. The molecular weight excluding hydrogens is 258 g/mol. The number of hydrogen-bond acceptors (Lipinski definition) is 7. The van der Waals surface area contributed by atoms with E-state index in [9.17, 15) is 5.11 Å². The van der Waals surface area contributed by atoms with E-state index in [1.807, 2.05) is 6.07 Å². The van der Waals surface area contributed by atoms with Gasteiger partial charge in [0.15, 0.2) is 0 Å². The van der Waals surface area contributed by atoms with E-state index in [4.69, 9.17) is 5.73 Å². The monoisotopic (exact) mass is 275 g/mol. The Labute approximate surface area is 116 Å². The first-order valence-corrected chi connectivity index (χ1v) is 6.31. The minimum atomic E-state index is 0.0838. The van der Waals surface area contributed by atoms with Gasteiger partial charge in [0.2, 0.25) is 0 Å². The molecule has 1 heterocycles.